The van der Waals surface area contributed by atoms with E-state index in [0.717, 1.165) is 29.5 Å². The molecule has 0 radical (unpaired) electrons. The van der Waals surface area contributed by atoms with Gasteiger partial charge in [-0.15, -0.1) is 0 Å². The fourth-order valence-corrected chi connectivity index (χ4v) is 7.24. The predicted octanol–water partition coefficient (Wildman–Crippen LogP) is 13.2. The van der Waals surface area contributed by atoms with Crippen molar-refractivity contribution in [2.24, 2.45) is 0 Å². The van der Waals surface area contributed by atoms with Crippen molar-refractivity contribution >= 4 is 22.1 Å². The summed E-state index contributed by atoms with van der Waals surface area (Å²) in [5.41, 5.74) is 8.76. The van der Waals surface area contributed by atoms with Gasteiger partial charge >= 0.3 is 0 Å². The van der Waals surface area contributed by atoms with Gasteiger partial charge < -0.3 is 10.0 Å². The largest absolute Gasteiger partial charge is 0.508 e. The minimum Gasteiger partial charge on any atom is -0.508 e. The third-order valence-electron chi connectivity index (χ3n) is 9.71. The number of aryl methyl sites for hydroxylation is 1. The molecule has 5 aromatic rings. The number of para-hydroxylation sites is 1. The first kappa shape index (κ1) is 35.0. The second-order valence-corrected chi connectivity index (χ2v) is 13.0. The van der Waals surface area contributed by atoms with Crippen LogP contribution in [0.15, 0.2) is 205 Å². The topological polar surface area (TPSA) is 23.5 Å². The highest BCUT2D eigenvalue weighted by Crippen LogP contribution is 2.47. The molecule has 0 aromatic heterocycles. The number of fused-ring (bicyclic) bond motifs is 1. The number of anilines is 2. The van der Waals surface area contributed by atoms with Crippen LogP contribution in [0, 0.1) is 6.92 Å². The summed E-state index contributed by atoms with van der Waals surface area (Å²) < 4.78 is 0. The minimum absolute atomic E-state index is 0.294. The SMILES string of the molecule is C/C=C\C=C/CC(C(/C=C\C=C\C1=CC=C(N(c2cccc(C)c2)c2cccc3ccccc23)CC1)=C/C)(c1ccccc1)c1ccccc1O. The summed E-state index contributed by atoms with van der Waals surface area (Å²) in [4.78, 5) is 2.43. The lowest BCUT2D eigenvalue weighted by Gasteiger charge is -2.36. The molecule has 51 heavy (non-hydrogen) atoms. The number of rotatable bonds is 12. The van der Waals surface area contributed by atoms with E-state index in [4.69, 9.17) is 0 Å². The average molecular weight is 666 g/mol. The summed E-state index contributed by atoms with van der Waals surface area (Å²) in [6.07, 6.45) is 26.4. The third-order valence-corrected chi connectivity index (χ3v) is 9.71. The van der Waals surface area contributed by atoms with Crippen molar-refractivity contribution in [3.8, 4) is 5.75 Å². The first-order valence-electron chi connectivity index (χ1n) is 17.9. The van der Waals surface area contributed by atoms with Crippen molar-refractivity contribution in [3.63, 3.8) is 0 Å². The molecule has 0 amide bonds. The Bertz CT molecular complexity index is 2170. The smallest absolute Gasteiger partial charge is 0.120 e. The average Bonchev–Trinajstić information content (AvgIpc) is 3.17. The second kappa shape index (κ2) is 16.7. The predicted molar refractivity (Wildman–Crippen MR) is 219 cm³/mol. The van der Waals surface area contributed by atoms with E-state index >= 15 is 0 Å². The van der Waals surface area contributed by atoms with E-state index in [1.807, 2.05) is 37.3 Å². The molecule has 0 heterocycles. The number of hydrogen-bond acceptors (Lipinski definition) is 2. The molecule has 0 bridgehead atoms. The van der Waals surface area contributed by atoms with Gasteiger partial charge in [-0.2, -0.15) is 0 Å². The Hall–Kier alpha value is -5.86. The van der Waals surface area contributed by atoms with Crippen molar-refractivity contribution in [1.82, 2.24) is 0 Å². The Balaban J connectivity index is 1.32. The fraction of sp³-hybridized carbons (Fsp3) is 0.143. The molecule has 254 valence electrons. The molecular formula is C49H47NO. The van der Waals surface area contributed by atoms with Crippen molar-refractivity contribution < 1.29 is 5.11 Å². The lowest BCUT2D eigenvalue weighted by molar-refractivity contribution is 0.452. The molecule has 1 aliphatic rings. The van der Waals surface area contributed by atoms with E-state index in [1.54, 1.807) is 6.07 Å². The highest BCUT2D eigenvalue weighted by molar-refractivity contribution is 5.97. The van der Waals surface area contributed by atoms with E-state index in [2.05, 4.69) is 171 Å². The van der Waals surface area contributed by atoms with Gasteiger partial charge in [0.15, 0.2) is 0 Å². The van der Waals surface area contributed by atoms with E-state index in [-0.39, 0.29) is 0 Å². The number of aromatic hydroxyl groups is 1. The van der Waals surface area contributed by atoms with Crippen LogP contribution in [0.3, 0.4) is 0 Å². The van der Waals surface area contributed by atoms with Gasteiger partial charge in [0.05, 0.1) is 11.1 Å². The van der Waals surface area contributed by atoms with Gasteiger partial charge in [-0.3, -0.25) is 0 Å². The zero-order valence-electron chi connectivity index (χ0n) is 29.9. The van der Waals surface area contributed by atoms with Crippen LogP contribution in [-0.2, 0) is 5.41 Å². The number of phenolic OH excluding ortho intramolecular Hbond substituents is 1. The maximum Gasteiger partial charge on any atom is 0.120 e. The summed E-state index contributed by atoms with van der Waals surface area (Å²) in [6.45, 7) is 6.26. The summed E-state index contributed by atoms with van der Waals surface area (Å²) in [5.74, 6) is 0.294. The van der Waals surface area contributed by atoms with Crippen LogP contribution in [-0.4, -0.2) is 5.11 Å². The quantitative estimate of drug-likeness (QED) is 0.134. The van der Waals surface area contributed by atoms with Crippen LogP contribution in [0.4, 0.5) is 11.4 Å². The maximum absolute atomic E-state index is 11.2. The molecular weight excluding hydrogens is 619 g/mol. The van der Waals surface area contributed by atoms with Crippen LogP contribution in [0.1, 0.15) is 49.8 Å². The van der Waals surface area contributed by atoms with Gasteiger partial charge in [-0.05, 0) is 98.0 Å². The lowest BCUT2D eigenvalue weighted by atomic mass is 9.66. The highest BCUT2D eigenvalue weighted by Gasteiger charge is 2.37. The van der Waals surface area contributed by atoms with Gasteiger partial charge in [0, 0.05) is 22.3 Å². The fourth-order valence-electron chi connectivity index (χ4n) is 7.24. The Morgan fingerprint density at radius 3 is 2.27 bits per heavy atom. The van der Waals surface area contributed by atoms with E-state index in [1.165, 1.54) is 39.0 Å². The van der Waals surface area contributed by atoms with E-state index in [9.17, 15) is 5.11 Å². The zero-order chi connectivity index (χ0) is 35.5. The van der Waals surface area contributed by atoms with Crippen LogP contribution >= 0.6 is 0 Å². The molecule has 5 aromatic carbocycles. The highest BCUT2D eigenvalue weighted by atomic mass is 16.3. The summed E-state index contributed by atoms with van der Waals surface area (Å²) in [5, 5.41) is 13.7. The molecule has 0 saturated carbocycles. The molecule has 1 atom stereocenters. The van der Waals surface area contributed by atoms with Crippen molar-refractivity contribution in [3.05, 3.63) is 222 Å². The minimum atomic E-state index is -0.577. The van der Waals surface area contributed by atoms with E-state index < -0.39 is 5.41 Å². The number of allylic oxidation sites excluding steroid dienone is 14. The maximum atomic E-state index is 11.2. The molecule has 1 aliphatic carbocycles. The van der Waals surface area contributed by atoms with Crippen molar-refractivity contribution in [2.45, 2.75) is 45.4 Å². The van der Waals surface area contributed by atoms with Gasteiger partial charge in [0.1, 0.15) is 5.75 Å². The molecule has 1 N–H and O–H groups in total. The number of hydrogen-bond donors (Lipinski definition) is 1. The summed E-state index contributed by atoms with van der Waals surface area (Å²) in [7, 11) is 0. The van der Waals surface area contributed by atoms with E-state index in [0.29, 0.717) is 12.2 Å². The first-order chi connectivity index (χ1) is 25.0. The zero-order valence-corrected chi connectivity index (χ0v) is 29.9. The van der Waals surface area contributed by atoms with Crippen LogP contribution in [0.5, 0.6) is 5.75 Å². The Labute approximate surface area is 304 Å². The van der Waals surface area contributed by atoms with Gasteiger partial charge in [0.2, 0.25) is 0 Å². The number of benzene rings is 5. The molecule has 1 unspecified atom stereocenters. The van der Waals surface area contributed by atoms with Crippen LogP contribution in [0.25, 0.3) is 10.8 Å². The van der Waals surface area contributed by atoms with Gasteiger partial charge in [-0.1, -0.05) is 158 Å². The molecule has 0 aliphatic heterocycles. The molecule has 2 heteroatoms. The molecule has 0 saturated heterocycles. The Kier molecular flexibility index (Phi) is 11.5. The molecule has 0 fully saturated rings. The first-order valence-corrected chi connectivity index (χ1v) is 17.9. The Morgan fingerprint density at radius 2 is 1.51 bits per heavy atom. The molecule has 6 rings (SSSR count). The third kappa shape index (κ3) is 7.82. The summed E-state index contributed by atoms with van der Waals surface area (Å²) >= 11 is 0. The molecule has 0 spiro atoms. The van der Waals surface area contributed by atoms with Gasteiger partial charge in [-0.25, -0.2) is 0 Å². The monoisotopic (exact) mass is 665 g/mol. The van der Waals surface area contributed by atoms with Crippen LogP contribution < -0.4 is 4.90 Å². The molecule has 2 nitrogen and oxygen atoms in total. The lowest BCUT2D eigenvalue weighted by Crippen LogP contribution is -2.29. The Morgan fingerprint density at radius 1 is 0.745 bits per heavy atom. The van der Waals surface area contributed by atoms with Gasteiger partial charge in [0.25, 0.3) is 0 Å². The van der Waals surface area contributed by atoms with Crippen molar-refractivity contribution in [1.29, 1.82) is 0 Å². The normalized spacial score (nSPS) is 15.2. The number of nitrogens with zero attached hydrogens (tertiary/aromatic N) is 1. The van der Waals surface area contributed by atoms with Crippen LogP contribution in [0.2, 0.25) is 0 Å². The summed E-state index contributed by atoms with van der Waals surface area (Å²) in [6, 6.07) is 42.2. The number of phenols is 1. The van der Waals surface area contributed by atoms with Crippen molar-refractivity contribution in [2.75, 3.05) is 4.90 Å². The second-order valence-electron chi connectivity index (χ2n) is 13.0. The standard InChI is InChI=1S/C49H47NO/c1-4-6-7-17-36-49(42-25-9-8-10-26-42,46-29-15-16-31-48(46)51)41(5-2)24-13-11-21-39-32-34-43(35-33-39)50(44-27-18-20-38(3)37-44)47-30-19-23-40-22-12-14-28-45(40)47/h4-32,34,37,51H,33,35-36H2,1-3H3/b6-4-,17-7-,21-11+,24-13-,41-5+.